The molecule has 1 amide bonds. The molecule has 0 bridgehead atoms. The maximum Gasteiger partial charge on any atom is 0.258 e. The molecule has 0 aliphatic carbocycles. The lowest BCUT2D eigenvalue weighted by Gasteiger charge is -2.42. The molecule has 2 unspecified atom stereocenters. The van der Waals surface area contributed by atoms with Crippen LogP contribution in [-0.4, -0.2) is 22.9 Å². The molecule has 0 radical (unpaired) electrons. The summed E-state index contributed by atoms with van der Waals surface area (Å²) < 4.78 is 0. The van der Waals surface area contributed by atoms with Crippen molar-refractivity contribution < 1.29 is 4.79 Å². The number of likely N-dealkylation sites (N-methyl/N-ethyl adjacent to an activating group) is 1. The van der Waals surface area contributed by atoms with Crippen LogP contribution >= 0.6 is 12.2 Å². The molecule has 2 aliphatic rings. The topological polar surface area (TPSA) is 48.1 Å². The number of benzene rings is 3. The molecular formula is C26H21N3OS. The van der Waals surface area contributed by atoms with E-state index in [1.807, 2.05) is 49.5 Å². The number of aromatic amines is 1. The maximum atomic E-state index is 14.0. The van der Waals surface area contributed by atoms with Crippen molar-refractivity contribution in [2.24, 2.45) is 0 Å². The number of thiocarbonyl (C=S) groups is 1. The van der Waals surface area contributed by atoms with Gasteiger partial charge in [-0.15, -0.1) is 0 Å². The minimum atomic E-state index is -0.994. The fourth-order valence-corrected chi connectivity index (χ4v) is 5.78. The first-order valence-electron chi connectivity index (χ1n) is 10.4. The molecule has 1 aromatic heterocycles. The maximum absolute atomic E-state index is 14.0. The summed E-state index contributed by atoms with van der Waals surface area (Å²) in [5.41, 5.74) is 6.19. The van der Waals surface area contributed by atoms with E-state index in [1.54, 1.807) is 4.90 Å². The minimum Gasteiger partial charge on any atom is -0.356 e. The van der Waals surface area contributed by atoms with Gasteiger partial charge in [-0.25, -0.2) is 0 Å². The summed E-state index contributed by atoms with van der Waals surface area (Å²) in [6.45, 7) is 2.11. The molecule has 2 atom stereocenters. The van der Waals surface area contributed by atoms with Gasteiger partial charge in [-0.1, -0.05) is 72.9 Å². The Labute approximate surface area is 185 Å². The van der Waals surface area contributed by atoms with Gasteiger partial charge in [0.2, 0.25) is 0 Å². The third-order valence-corrected chi connectivity index (χ3v) is 7.14. The molecule has 3 aromatic carbocycles. The van der Waals surface area contributed by atoms with Gasteiger partial charge < -0.3 is 15.2 Å². The van der Waals surface area contributed by atoms with E-state index in [9.17, 15) is 4.79 Å². The van der Waals surface area contributed by atoms with Gasteiger partial charge in [0.15, 0.2) is 5.54 Å². The summed E-state index contributed by atoms with van der Waals surface area (Å²) in [6, 6.07) is 24.6. The summed E-state index contributed by atoms with van der Waals surface area (Å²) >= 11 is 5.85. The Morgan fingerprint density at radius 3 is 2.52 bits per heavy atom. The number of amides is 1. The highest BCUT2D eigenvalue weighted by Crippen LogP contribution is 2.54. The molecule has 31 heavy (non-hydrogen) atoms. The quantitative estimate of drug-likeness (QED) is 0.434. The number of hydrogen-bond acceptors (Lipinski definition) is 2. The molecule has 3 heterocycles. The zero-order valence-corrected chi connectivity index (χ0v) is 18.1. The summed E-state index contributed by atoms with van der Waals surface area (Å²) in [5, 5.41) is 4.64. The molecule has 4 nitrogen and oxygen atoms in total. The van der Waals surface area contributed by atoms with Crippen molar-refractivity contribution in [3.63, 3.8) is 0 Å². The predicted octanol–water partition coefficient (Wildman–Crippen LogP) is 4.76. The molecule has 152 valence electrons. The zero-order valence-electron chi connectivity index (χ0n) is 17.3. The van der Waals surface area contributed by atoms with Crippen LogP contribution in [0.15, 0.2) is 72.8 Å². The molecule has 4 aromatic rings. The third-order valence-electron chi connectivity index (χ3n) is 6.84. The molecule has 6 rings (SSSR count). The molecule has 0 saturated carbocycles. The summed E-state index contributed by atoms with van der Waals surface area (Å²) in [4.78, 5) is 19.9. The number of rotatable bonds is 1. The van der Waals surface area contributed by atoms with E-state index in [4.69, 9.17) is 12.2 Å². The Hall–Kier alpha value is -3.44. The molecular weight excluding hydrogens is 402 g/mol. The number of aromatic nitrogens is 1. The first-order chi connectivity index (χ1) is 15.0. The monoisotopic (exact) mass is 423 g/mol. The van der Waals surface area contributed by atoms with E-state index < -0.39 is 5.54 Å². The Kier molecular flexibility index (Phi) is 3.72. The Balaban J connectivity index is 1.77. The minimum absolute atomic E-state index is 0.0141. The van der Waals surface area contributed by atoms with Gasteiger partial charge in [0.1, 0.15) is 4.99 Å². The van der Waals surface area contributed by atoms with Crippen LogP contribution in [0.5, 0.6) is 0 Å². The number of nitrogens with one attached hydrogen (secondary N) is 2. The lowest BCUT2D eigenvalue weighted by atomic mass is 9.68. The zero-order chi connectivity index (χ0) is 21.3. The van der Waals surface area contributed by atoms with E-state index in [0.717, 1.165) is 44.5 Å². The lowest BCUT2D eigenvalue weighted by molar-refractivity contribution is -0.124. The van der Waals surface area contributed by atoms with Crippen molar-refractivity contribution in [2.75, 3.05) is 11.9 Å². The molecule has 1 spiro atoms. The van der Waals surface area contributed by atoms with Crippen molar-refractivity contribution in [3.8, 4) is 0 Å². The van der Waals surface area contributed by atoms with Crippen LogP contribution in [0.3, 0.4) is 0 Å². The van der Waals surface area contributed by atoms with Crippen LogP contribution in [0.4, 0.5) is 5.69 Å². The molecule has 2 N–H and O–H groups in total. The number of carbonyl (C=O) groups excluding carboxylic acids is 1. The second-order valence-corrected chi connectivity index (χ2v) is 8.80. The molecule has 5 heteroatoms. The normalized spacial score (nSPS) is 22.0. The molecule has 2 aliphatic heterocycles. The Morgan fingerprint density at radius 2 is 1.68 bits per heavy atom. The average Bonchev–Trinajstić information content (AvgIpc) is 3.27. The van der Waals surface area contributed by atoms with Gasteiger partial charge in [0, 0.05) is 35.1 Å². The van der Waals surface area contributed by atoms with Gasteiger partial charge in [0.25, 0.3) is 5.91 Å². The highest BCUT2D eigenvalue weighted by Gasteiger charge is 2.59. The molecule has 0 saturated heterocycles. The smallest absolute Gasteiger partial charge is 0.258 e. The second-order valence-electron chi connectivity index (χ2n) is 8.39. The van der Waals surface area contributed by atoms with Gasteiger partial charge >= 0.3 is 0 Å². The SMILES string of the molecule is Cc1ccccc1C1c2c([nH]c3ccccc23)C(=S)NC12C(=O)N(C)c1ccccc12. The summed E-state index contributed by atoms with van der Waals surface area (Å²) in [7, 11) is 1.85. The number of hydrogen-bond donors (Lipinski definition) is 2. The molecule has 0 fully saturated rings. The van der Waals surface area contributed by atoms with Crippen molar-refractivity contribution in [1.82, 2.24) is 10.3 Å². The van der Waals surface area contributed by atoms with E-state index in [-0.39, 0.29) is 11.8 Å². The second kappa shape index (κ2) is 6.28. The number of H-pyrrole nitrogens is 1. The van der Waals surface area contributed by atoms with Crippen LogP contribution in [0.2, 0.25) is 0 Å². The fraction of sp³-hybridized carbons (Fsp3) is 0.154. The van der Waals surface area contributed by atoms with Gasteiger partial charge in [-0.2, -0.15) is 0 Å². The van der Waals surface area contributed by atoms with Crippen molar-refractivity contribution in [2.45, 2.75) is 18.4 Å². The van der Waals surface area contributed by atoms with Gasteiger partial charge in [-0.3, -0.25) is 4.79 Å². The largest absolute Gasteiger partial charge is 0.356 e. The Morgan fingerprint density at radius 1 is 0.968 bits per heavy atom. The number of aryl methyl sites for hydroxylation is 1. The van der Waals surface area contributed by atoms with E-state index >= 15 is 0 Å². The van der Waals surface area contributed by atoms with Crippen LogP contribution in [0.25, 0.3) is 10.9 Å². The third kappa shape index (κ3) is 2.24. The van der Waals surface area contributed by atoms with E-state index in [1.165, 1.54) is 0 Å². The summed E-state index contributed by atoms with van der Waals surface area (Å²) in [6.07, 6.45) is 0. The number of carbonyl (C=O) groups is 1. The number of fused-ring (bicyclic) bond motifs is 5. The van der Waals surface area contributed by atoms with Gasteiger partial charge in [-0.05, 0) is 35.7 Å². The lowest BCUT2D eigenvalue weighted by Crippen LogP contribution is -2.59. The van der Waals surface area contributed by atoms with E-state index in [0.29, 0.717) is 4.99 Å². The van der Waals surface area contributed by atoms with Crippen molar-refractivity contribution in [1.29, 1.82) is 0 Å². The number of anilines is 1. The summed E-state index contributed by atoms with van der Waals surface area (Å²) in [5.74, 6) is -0.217. The van der Waals surface area contributed by atoms with Crippen LogP contribution < -0.4 is 10.2 Å². The predicted molar refractivity (Wildman–Crippen MR) is 128 cm³/mol. The fourth-order valence-electron chi connectivity index (χ4n) is 5.46. The first kappa shape index (κ1) is 18.3. The van der Waals surface area contributed by atoms with E-state index in [2.05, 4.69) is 47.6 Å². The van der Waals surface area contributed by atoms with Gasteiger partial charge in [0.05, 0.1) is 5.69 Å². The highest BCUT2D eigenvalue weighted by molar-refractivity contribution is 7.80. The van der Waals surface area contributed by atoms with Crippen molar-refractivity contribution >= 4 is 39.7 Å². The number of nitrogens with zero attached hydrogens (tertiary/aromatic N) is 1. The average molecular weight is 424 g/mol. The van der Waals surface area contributed by atoms with Crippen LogP contribution in [-0.2, 0) is 10.3 Å². The first-order valence-corrected chi connectivity index (χ1v) is 10.8. The standard InChI is InChI=1S/C26H21N3OS/c1-15-9-3-4-10-16(15)22-21-17-11-5-7-13-19(17)27-23(21)24(31)28-26(22)18-12-6-8-14-20(18)29(2)25(26)30/h3-14,22,27H,1-2H3,(H,28,31). The van der Waals surface area contributed by atoms with Crippen molar-refractivity contribution in [3.05, 3.63) is 101 Å². The van der Waals surface area contributed by atoms with Crippen LogP contribution in [0.1, 0.15) is 33.9 Å². The Bertz CT molecular complexity index is 1400. The van der Waals surface area contributed by atoms with Crippen LogP contribution in [0, 0.1) is 6.92 Å². The highest BCUT2D eigenvalue weighted by atomic mass is 32.1. The number of para-hydroxylation sites is 2.